The van der Waals surface area contributed by atoms with E-state index in [0.717, 1.165) is 28.6 Å². The molecule has 6 heteroatoms. The molecule has 104 valence electrons. The Kier molecular flexibility index (Phi) is 5.20. The molecule has 1 aliphatic carbocycles. The van der Waals surface area contributed by atoms with Gasteiger partial charge in [0.2, 0.25) is 0 Å². The lowest BCUT2D eigenvalue weighted by molar-refractivity contribution is -0.142. The molecule has 2 N–H and O–H groups in total. The average molecular weight is 393 g/mol. The molecule has 1 aromatic rings. The van der Waals surface area contributed by atoms with Gasteiger partial charge in [0, 0.05) is 11.4 Å². The molecule has 1 amide bonds. The molecule has 2 atom stereocenters. The van der Waals surface area contributed by atoms with Gasteiger partial charge in [0.15, 0.2) is 0 Å². The summed E-state index contributed by atoms with van der Waals surface area (Å²) in [6, 6.07) is 1.58. The average Bonchev–Trinajstić information content (AvgIpc) is 2.65. The minimum Gasteiger partial charge on any atom is -0.481 e. The van der Waals surface area contributed by atoms with E-state index < -0.39 is 11.9 Å². The Balaban J connectivity index is 2.06. The van der Waals surface area contributed by atoms with Gasteiger partial charge in [-0.25, -0.2) is 0 Å². The monoisotopic (exact) mass is 393 g/mol. The van der Waals surface area contributed by atoms with Gasteiger partial charge in [-0.3, -0.25) is 9.59 Å². The third-order valence-corrected chi connectivity index (χ3v) is 5.27. The number of carbonyl (C=O) groups is 2. The van der Waals surface area contributed by atoms with Gasteiger partial charge >= 0.3 is 5.97 Å². The first-order valence-corrected chi connectivity index (χ1v) is 8.31. The van der Waals surface area contributed by atoms with Gasteiger partial charge in [-0.2, -0.15) is 0 Å². The SMILES string of the molecule is O=C(NC1CCCCCC1C(=O)O)c1csc(I)c1. The van der Waals surface area contributed by atoms with Crippen LogP contribution in [-0.2, 0) is 4.79 Å². The van der Waals surface area contributed by atoms with E-state index in [1.807, 2.05) is 11.4 Å². The topological polar surface area (TPSA) is 66.4 Å². The zero-order valence-electron chi connectivity index (χ0n) is 10.4. The Bertz CT molecular complexity index is 474. The van der Waals surface area contributed by atoms with Gasteiger partial charge in [0.1, 0.15) is 0 Å². The van der Waals surface area contributed by atoms with Crippen LogP contribution in [0.2, 0.25) is 0 Å². The van der Waals surface area contributed by atoms with Crippen molar-refractivity contribution in [1.29, 1.82) is 0 Å². The highest BCUT2D eigenvalue weighted by atomic mass is 127. The maximum Gasteiger partial charge on any atom is 0.308 e. The molecule has 0 saturated heterocycles. The van der Waals surface area contributed by atoms with Crippen molar-refractivity contribution >= 4 is 45.8 Å². The summed E-state index contributed by atoms with van der Waals surface area (Å²) >= 11 is 3.69. The Morgan fingerprint density at radius 1 is 1.32 bits per heavy atom. The lowest BCUT2D eigenvalue weighted by atomic mass is 9.94. The number of thiophene rings is 1. The number of amides is 1. The van der Waals surface area contributed by atoms with Gasteiger partial charge in [-0.15, -0.1) is 11.3 Å². The number of hydrogen-bond acceptors (Lipinski definition) is 3. The molecule has 0 bridgehead atoms. The molecule has 0 spiro atoms. The summed E-state index contributed by atoms with van der Waals surface area (Å²) in [5.74, 6) is -1.41. The largest absolute Gasteiger partial charge is 0.481 e. The van der Waals surface area contributed by atoms with Gasteiger partial charge in [-0.05, 0) is 41.5 Å². The second-order valence-corrected chi connectivity index (χ2v) is 7.61. The fourth-order valence-corrected chi connectivity index (χ4v) is 3.78. The summed E-state index contributed by atoms with van der Waals surface area (Å²) in [6.07, 6.45) is 4.37. The molecular weight excluding hydrogens is 377 g/mol. The maximum atomic E-state index is 12.1. The standard InChI is InChI=1S/C13H16INO3S/c14-11-6-8(7-19-11)12(16)15-10-5-3-1-2-4-9(10)13(17)18/h6-7,9-10H,1-5H2,(H,15,16)(H,17,18). The summed E-state index contributed by atoms with van der Waals surface area (Å²) in [6.45, 7) is 0. The summed E-state index contributed by atoms with van der Waals surface area (Å²) in [5.41, 5.74) is 0.628. The van der Waals surface area contributed by atoms with E-state index in [0.29, 0.717) is 12.0 Å². The lowest BCUT2D eigenvalue weighted by Crippen LogP contribution is -2.42. The minimum atomic E-state index is -0.799. The van der Waals surface area contributed by atoms with Crippen LogP contribution in [0, 0.1) is 8.80 Å². The van der Waals surface area contributed by atoms with E-state index >= 15 is 0 Å². The molecule has 19 heavy (non-hydrogen) atoms. The van der Waals surface area contributed by atoms with Crippen molar-refractivity contribution in [3.63, 3.8) is 0 Å². The fourth-order valence-electron chi connectivity index (χ4n) is 2.46. The number of carbonyl (C=O) groups excluding carboxylic acids is 1. The fraction of sp³-hybridized carbons (Fsp3) is 0.538. The Labute approximate surface area is 129 Å². The van der Waals surface area contributed by atoms with Crippen molar-refractivity contribution in [2.24, 2.45) is 5.92 Å². The van der Waals surface area contributed by atoms with Crippen LogP contribution in [0.15, 0.2) is 11.4 Å². The molecule has 2 unspecified atom stereocenters. The first kappa shape index (κ1) is 14.8. The number of aliphatic carboxylic acids is 1. The van der Waals surface area contributed by atoms with Gasteiger partial charge in [0.05, 0.1) is 14.4 Å². The van der Waals surface area contributed by atoms with Crippen LogP contribution in [0.1, 0.15) is 42.5 Å². The third-order valence-electron chi connectivity index (χ3n) is 3.48. The van der Waals surface area contributed by atoms with Crippen LogP contribution in [-0.4, -0.2) is 23.0 Å². The van der Waals surface area contributed by atoms with Crippen LogP contribution < -0.4 is 5.32 Å². The summed E-state index contributed by atoms with van der Waals surface area (Å²) in [5, 5.41) is 14.0. The Morgan fingerprint density at radius 3 is 2.68 bits per heavy atom. The van der Waals surface area contributed by atoms with E-state index in [-0.39, 0.29) is 11.9 Å². The molecule has 0 aromatic carbocycles. The molecule has 2 rings (SSSR count). The molecule has 4 nitrogen and oxygen atoms in total. The Hall–Kier alpha value is -0.630. The highest BCUT2D eigenvalue weighted by molar-refractivity contribution is 14.1. The Morgan fingerprint density at radius 2 is 2.05 bits per heavy atom. The highest BCUT2D eigenvalue weighted by Crippen LogP contribution is 2.24. The van der Waals surface area contributed by atoms with E-state index in [9.17, 15) is 14.7 Å². The van der Waals surface area contributed by atoms with Gasteiger partial charge in [0.25, 0.3) is 5.91 Å². The summed E-state index contributed by atoms with van der Waals surface area (Å²) < 4.78 is 1.05. The first-order valence-electron chi connectivity index (χ1n) is 6.35. The molecule has 1 aliphatic rings. The number of nitrogens with one attached hydrogen (secondary N) is 1. The van der Waals surface area contributed by atoms with Crippen molar-refractivity contribution in [2.45, 2.75) is 38.1 Å². The van der Waals surface area contributed by atoms with Gasteiger partial charge < -0.3 is 10.4 Å². The number of carboxylic acids is 1. The van der Waals surface area contributed by atoms with Crippen molar-refractivity contribution in [2.75, 3.05) is 0 Å². The van der Waals surface area contributed by atoms with Crippen molar-refractivity contribution in [1.82, 2.24) is 5.32 Å². The van der Waals surface area contributed by atoms with Crippen LogP contribution >= 0.6 is 33.9 Å². The van der Waals surface area contributed by atoms with Crippen LogP contribution in [0.3, 0.4) is 0 Å². The smallest absolute Gasteiger partial charge is 0.308 e. The summed E-state index contributed by atoms with van der Waals surface area (Å²) in [7, 11) is 0. The van der Waals surface area contributed by atoms with Crippen molar-refractivity contribution in [3.8, 4) is 0 Å². The number of rotatable bonds is 3. The van der Waals surface area contributed by atoms with Gasteiger partial charge in [-0.1, -0.05) is 19.3 Å². The van der Waals surface area contributed by atoms with E-state index in [2.05, 4.69) is 27.9 Å². The van der Waals surface area contributed by atoms with Crippen LogP contribution in [0.25, 0.3) is 0 Å². The molecular formula is C13H16INO3S. The molecule has 1 saturated carbocycles. The predicted molar refractivity (Wildman–Crippen MR) is 82.5 cm³/mol. The zero-order chi connectivity index (χ0) is 13.8. The second kappa shape index (κ2) is 6.69. The second-order valence-electron chi connectivity index (χ2n) is 4.80. The first-order chi connectivity index (χ1) is 9.08. The molecule has 1 aromatic heterocycles. The van der Waals surface area contributed by atoms with Crippen molar-refractivity contribution < 1.29 is 14.7 Å². The third kappa shape index (κ3) is 3.92. The maximum absolute atomic E-state index is 12.1. The quantitative estimate of drug-likeness (QED) is 0.613. The minimum absolute atomic E-state index is 0.155. The lowest BCUT2D eigenvalue weighted by Gasteiger charge is -2.22. The van der Waals surface area contributed by atoms with E-state index in [1.54, 1.807) is 0 Å². The predicted octanol–water partition coefficient (Wildman–Crippen LogP) is 3.12. The number of hydrogen-bond donors (Lipinski definition) is 2. The molecule has 0 radical (unpaired) electrons. The van der Waals surface area contributed by atoms with Crippen molar-refractivity contribution in [3.05, 3.63) is 19.9 Å². The van der Waals surface area contributed by atoms with E-state index in [1.165, 1.54) is 11.3 Å². The summed E-state index contributed by atoms with van der Waals surface area (Å²) in [4.78, 5) is 23.4. The number of carboxylic acid groups (broad SMARTS) is 1. The molecule has 1 fully saturated rings. The highest BCUT2D eigenvalue weighted by Gasteiger charge is 2.30. The molecule has 0 aliphatic heterocycles. The normalized spacial score (nSPS) is 23.6. The van der Waals surface area contributed by atoms with Crippen LogP contribution in [0.4, 0.5) is 0 Å². The molecule has 1 heterocycles. The number of halogens is 1. The van der Waals surface area contributed by atoms with Crippen LogP contribution in [0.5, 0.6) is 0 Å². The van der Waals surface area contributed by atoms with E-state index in [4.69, 9.17) is 0 Å². The zero-order valence-corrected chi connectivity index (χ0v) is 13.4.